The van der Waals surface area contributed by atoms with Gasteiger partial charge in [0.2, 0.25) is 23.7 Å². The van der Waals surface area contributed by atoms with Gasteiger partial charge in [0.15, 0.2) is 16.9 Å². The van der Waals surface area contributed by atoms with Gasteiger partial charge in [-0.1, -0.05) is 135 Å². The molecule has 0 unspecified atom stereocenters. The predicted octanol–water partition coefficient (Wildman–Crippen LogP) is 15.8. The molecule has 33 nitrogen and oxygen atoms in total. The van der Waals surface area contributed by atoms with Crippen LogP contribution < -0.4 is 46.6 Å². The van der Waals surface area contributed by atoms with Crippen LogP contribution in [0.15, 0.2) is 143 Å². The van der Waals surface area contributed by atoms with Gasteiger partial charge in [-0.2, -0.15) is 34.9 Å². The molecule has 1 N–H and O–H groups in total. The fraction of sp³-hybridized carbons (Fsp3) is 0.429. The molecule has 3 aromatic carbocycles. The summed E-state index contributed by atoms with van der Waals surface area (Å²) < 4.78 is 82.7. The summed E-state index contributed by atoms with van der Waals surface area (Å²) in [6.45, 7) is 40.6. The minimum Gasteiger partial charge on any atom is -0.462 e. The van der Waals surface area contributed by atoms with Gasteiger partial charge in [0.05, 0.1) is 95.4 Å². The summed E-state index contributed by atoms with van der Waals surface area (Å²) in [5, 5.41) is 5.02. The zero-order valence-corrected chi connectivity index (χ0v) is 85.8. The maximum atomic E-state index is 16.1. The number of anilines is 4. The van der Waals surface area contributed by atoms with Crippen LogP contribution in [0.1, 0.15) is 178 Å². The number of hydrogen-bond donors (Lipinski definition) is 1. The third-order valence-corrected chi connectivity index (χ3v) is 26.5. The number of hydrogen-bond acceptors (Lipinski definition) is 27. The molecule has 17 rings (SSSR count). The minimum absolute atomic E-state index is 0.0132. The molecule has 9 aromatic heterocycles. The van der Waals surface area contributed by atoms with Crippen molar-refractivity contribution in [2.24, 2.45) is 0 Å². The Morgan fingerprint density at radius 3 is 1.19 bits per heavy atom. The summed E-state index contributed by atoms with van der Waals surface area (Å²) >= 11 is 13.7. The van der Waals surface area contributed by atoms with Gasteiger partial charge >= 0.3 is 29.1 Å². The number of rotatable bonds is 30. The van der Waals surface area contributed by atoms with Crippen molar-refractivity contribution in [3.63, 3.8) is 0 Å². The molecular formula is C105H122Cl2F4N24O9. The van der Waals surface area contributed by atoms with E-state index in [1.165, 1.54) is 68.3 Å². The Bertz CT molecular complexity index is 7010. The van der Waals surface area contributed by atoms with Crippen molar-refractivity contribution < 1.29 is 46.2 Å². The summed E-state index contributed by atoms with van der Waals surface area (Å²) in [5.41, 5.74) is 4.51. The van der Waals surface area contributed by atoms with Gasteiger partial charge in [0, 0.05) is 132 Å². The first kappa shape index (κ1) is 105. The van der Waals surface area contributed by atoms with E-state index in [1.807, 2.05) is 131 Å². The molecular weight excluding hydrogens is 1890 g/mol. The van der Waals surface area contributed by atoms with Crippen molar-refractivity contribution in [3.8, 4) is 62.9 Å². The number of carbonyl (C=O) groups excluding carboxylic acids is 3. The molecule has 39 heteroatoms. The number of carbonyl (C=O) groups is 3. The van der Waals surface area contributed by atoms with Crippen molar-refractivity contribution in [2.75, 3.05) is 147 Å². The van der Waals surface area contributed by atoms with Crippen LogP contribution in [-0.2, 0) is 19.1 Å². The Morgan fingerprint density at radius 2 is 0.812 bits per heavy atom. The van der Waals surface area contributed by atoms with Crippen LogP contribution in [0.25, 0.3) is 83.9 Å². The molecule has 144 heavy (non-hydrogen) atoms. The van der Waals surface area contributed by atoms with E-state index >= 15 is 17.6 Å². The standard InChI is InChI=1S/C36H44ClFN8O3.C35H39F2N9O2.C34H39ClFN7O4/c1-10-28(47)45-22(6)18-44(19-23(45)7)33-25-17-26(37)31(24-13-11-12-14-27(24)38)39-34(25)46(36(48)42-33)32-29(20(2)3)40-35(41-30(32)21(4)5)49-16-15-43(8)9;1-5-27(47)44-16-17-45(20(2)19-44)32-24-18-26(37)30(23-8-6-7-9-25(23)36)39-33(24)46(35(48)42-32)31-28(21-10-11-21)40-34(38-14-15-43(3)4)41-29(31)22-12-13-22;1-8-26(44)41-13-14-42(21(6)18-41)31-23-17-24(35)29(22-11-9-10-12-25(22)36)37-32(23)43(34(45)40-31)30-27(19(2)3)38-33(47-16-15-46-7)39-28(30)20(4)5/h10-14,17,20-23H,1,15-16,18-19H2,2-9H3;5-9,18,20-22H,1,10-17,19H2,2-4H3,(H,38,40,41);8-12,17,19-21H,1,13-16,18H2,2-7H3/t22-,23+;20-;21-/m.00/s1. The number of amides is 3. The fourth-order valence-corrected chi connectivity index (χ4v) is 19.0. The van der Waals surface area contributed by atoms with Gasteiger partial charge in [-0.05, 0) is 178 Å². The number of likely N-dealkylation sites (N-methyl/N-ethyl adjacent to an activating group) is 2. The minimum atomic E-state index is -0.740. The molecule has 0 bridgehead atoms. The molecule has 12 heterocycles. The second-order valence-electron chi connectivity index (χ2n) is 38.6. The molecule has 758 valence electrons. The van der Waals surface area contributed by atoms with Crippen LogP contribution in [0.3, 0.4) is 0 Å². The van der Waals surface area contributed by atoms with Gasteiger partial charge in [-0.25, -0.2) is 70.6 Å². The van der Waals surface area contributed by atoms with Crippen LogP contribution in [-0.4, -0.2) is 267 Å². The number of halogens is 6. The predicted molar refractivity (Wildman–Crippen MR) is 552 cm³/mol. The third-order valence-electron chi connectivity index (χ3n) is 25.9. The lowest BCUT2D eigenvalue weighted by atomic mass is 10.0. The maximum absolute atomic E-state index is 16.1. The number of nitrogens with one attached hydrogen (secondary N) is 1. The number of pyridine rings is 3. The average Bonchev–Trinajstić information content (AvgIpc) is 1.22. The highest BCUT2D eigenvalue weighted by atomic mass is 35.5. The molecule has 2 saturated carbocycles. The number of ether oxygens (including phenoxy) is 3. The first-order valence-electron chi connectivity index (χ1n) is 48.6. The van der Waals surface area contributed by atoms with Gasteiger partial charge in [0.25, 0.3) is 0 Å². The molecule has 12 aromatic rings. The van der Waals surface area contributed by atoms with Gasteiger partial charge in [0.1, 0.15) is 59.6 Å². The van der Waals surface area contributed by atoms with Gasteiger partial charge in [-0.15, -0.1) is 0 Å². The van der Waals surface area contributed by atoms with Crippen molar-refractivity contribution >= 4 is 97.4 Å². The monoisotopic (exact) mass is 2010 g/mol. The SMILES string of the molecule is C=CC(=O)N1CCN(c2nc(=O)n(-c3c(C(C)C)nc(OCCOC)nc3C(C)C)c3nc(-c4ccccc4F)c(Cl)cc23)[C@@H](C)C1.C=CC(=O)N1CCN(c2nc(=O)n(-c3c(C4CC4)nc(NCCN(C)C)nc3C3CC3)c3nc(-c4ccccc4F)c(F)cc23)[C@@H](C)C1.C=CC(=O)N1[C@H](C)CN(c2nc(=O)n(-c3c(C(C)C)nc(OCCN(C)C)nc3C(C)C)c3nc(-c4ccccc4F)c(Cl)cc23)C[C@@H]1C. The summed E-state index contributed by atoms with van der Waals surface area (Å²) in [5.74, 6) is -1.75. The zero-order valence-electron chi connectivity index (χ0n) is 84.2. The Balaban J connectivity index is 0.000000163. The van der Waals surface area contributed by atoms with Crippen LogP contribution in [0.4, 0.5) is 41.0 Å². The highest BCUT2D eigenvalue weighted by Gasteiger charge is 2.42. The average molecular weight is 2010 g/mol. The van der Waals surface area contributed by atoms with E-state index in [4.69, 9.17) is 82.3 Å². The Kier molecular flexibility index (Phi) is 32.5. The first-order chi connectivity index (χ1) is 68.8. The highest BCUT2D eigenvalue weighted by Crippen LogP contribution is 2.50. The summed E-state index contributed by atoms with van der Waals surface area (Å²) in [6, 6.07) is 22.5. The number of piperazine rings is 3. The molecule has 3 saturated heterocycles. The second kappa shape index (κ2) is 44.7. The number of aromatic nitrogens is 15. The van der Waals surface area contributed by atoms with Crippen LogP contribution in [0.5, 0.6) is 12.0 Å². The van der Waals surface area contributed by atoms with Crippen molar-refractivity contribution in [3.05, 3.63) is 228 Å². The lowest BCUT2D eigenvalue weighted by Gasteiger charge is -2.44. The van der Waals surface area contributed by atoms with E-state index < -0.39 is 40.3 Å². The maximum Gasteiger partial charge on any atom is 0.355 e. The smallest absolute Gasteiger partial charge is 0.355 e. The molecule has 3 aliphatic heterocycles. The van der Waals surface area contributed by atoms with Crippen LogP contribution >= 0.6 is 23.2 Å². The molecule has 4 atom stereocenters. The van der Waals surface area contributed by atoms with E-state index in [0.29, 0.717) is 152 Å². The largest absolute Gasteiger partial charge is 0.462 e. The topological polar surface area (TPSA) is 338 Å². The number of nitrogens with zero attached hydrogens (tertiary/aromatic N) is 23. The Hall–Kier alpha value is -13.6. The zero-order chi connectivity index (χ0) is 103. The van der Waals surface area contributed by atoms with E-state index in [-0.39, 0.29) is 163 Å². The molecule has 5 fully saturated rings. The van der Waals surface area contributed by atoms with Gasteiger partial charge in [-0.3, -0.25) is 14.4 Å². The normalized spacial score (nSPS) is 16.6. The van der Waals surface area contributed by atoms with Crippen molar-refractivity contribution in [1.29, 1.82) is 0 Å². The van der Waals surface area contributed by atoms with E-state index in [0.717, 1.165) is 43.6 Å². The van der Waals surface area contributed by atoms with Gasteiger partial charge < -0.3 is 58.7 Å². The molecule has 0 spiro atoms. The molecule has 5 aliphatic rings. The molecule has 0 radical (unpaired) electrons. The number of methoxy groups -OCH3 is 1. The van der Waals surface area contributed by atoms with E-state index in [2.05, 4.69) is 44.9 Å². The fourth-order valence-electron chi connectivity index (χ4n) is 18.5. The Labute approximate surface area is 843 Å². The Morgan fingerprint density at radius 1 is 0.444 bits per heavy atom. The number of fused-ring (bicyclic) bond motifs is 3. The van der Waals surface area contributed by atoms with Crippen molar-refractivity contribution in [2.45, 2.75) is 168 Å². The lowest BCUT2D eigenvalue weighted by Crippen LogP contribution is -2.58. The summed E-state index contributed by atoms with van der Waals surface area (Å²) in [6.07, 6.45) is 7.54. The highest BCUT2D eigenvalue weighted by molar-refractivity contribution is 6.34. The molecule has 3 amide bonds. The molecule has 2 aliphatic carbocycles. The number of benzene rings is 3. The van der Waals surface area contributed by atoms with Crippen LogP contribution in [0, 0.1) is 23.3 Å². The van der Waals surface area contributed by atoms with E-state index in [9.17, 15) is 28.8 Å². The second-order valence-corrected chi connectivity index (χ2v) is 39.4. The third kappa shape index (κ3) is 22.2. The summed E-state index contributed by atoms with van der Waals surface area (Å²) in [7, 11) is 9.49. The summed E-state index contributed by atoms with van der Waals surface area (Å²) in [4.78, 5) is 153. The lowest BCUT2D eigenvalue weighted by molar-refractivity contribution is -0.130. The first-order valence-corrected chi connectivity index (χ1v) is 49.3. The van der Waals surface area contributed by atoms with Crippen molar-refractivity contribution in [1.82, 2.24) is 98.0 Å². The van der Waals surface area contributed by atoms with E-state index in [1.54, 1.807) is 76.4 Å². The van der Waals surface area contributed by atoms with Crippen LogP contribution in [0.2, 0.25) is 10.0 Å². The quantitative estimate of drug-likeness (QED) is 0.0248.